The highest BCUT2D eigenvalue weighted by Crippen LogP contribution is 2.22. The topological polar surface area (TPSA) is 21.3 Å². The molecule has 1 aliphatic heterocycles. The van der Waals surface area contributed by atoms with E-state index in [0.717, 1.165) is 25.1 Å². The first-order valence-electron chi connectivity index (χ1n) is 5.52. The Balaban J connectivity index is 1.88. The van der Waals surface area contributed by atoms with Gasteiger partial charge in [0.1, 0.15) is 0 Å². The zero-order valence-electron chi connectivity index (χ0n) is 9.01. The lowest BCUT2D eigenvalue weighted by Gasteiger charge is -2.23. The van der Waals surface area contributed by atoms with Crippen molar-refractivity contribution in [3.63, 3.8) is 0 Å². The summed E-state index contributed by atoms with van der Waals surface area (Å²) in [7, 11) is 0. The van der Waals surface area contributed by atoms with Crippen LogP contribution in [0.3, 0.4) is 0 Å². The summed E-state index contributed by atoms with van der Waals surface area (Å²) in [6.45, 7) is 2.59. The molecule has 4 heteroatoms. The third kappa shape index (κ3) is 3.36. The first-order chi connectivity index (χ1) is 7.75. The highest BCUT2D eigenvalue weighted by Gasteiger charge is 2.13. The molecule has 1 heterocycles. The minimum atomic E-state index is 0.306. The van der Waals surface area contributed by atoms with Crippen LogP contribution in [0.4, 0.5) is 0 Å². The average molecular weight is 260 g/mol. The zero-order valence-corrected chi connectivity index (χ0v) is 10.5. The van der Waals surface area contributed by atoms with Crippen molar-refractivity contribution in [2.75, 3.05) is 13.1 Å². The van der Waals surface area contributed by atoms with Crippen molar-refractivity contribution >= 4 is 23.2 Å². The molecule has 1 aromatic carbocycles. The van der Waals surface area contributed by atoms with Gasteiger partial charge in [0.15, 0.2) is 0 Å². The fraction of sp³-hybridized carbons (Fsp3) is 0.500. The Labute approximate surface area is 106 Å². The molecule has 0 amide bonds. The third-order valence-electron chi connectivity index (χ3n) is 2.74. The molecule has 0 aromatic heterocycles. The molecule has 1 aromatic rings. The van der Waals surface area contributed by atoms with Crippen LogP contribution in [-0.2, 0) is 11.3 Å². The monoisotopic (exact) mass is 259 g/mol. The molecule has 1 aliphatic rings. The lowest BCUT2D eigenvalue weighted by atomic mass is 10.1. The number of rotatable bonds is 3. The van der Waals surface area contributed by atoms with Gasteiger partial charge in [-0.2, -0.15) is 0 Å². The largest absolute Gasteiger partial charge is 0.372 e. The number of benzene rings is 1. The molecule has 16 heavy (non-hydrogen) atoms. The van der Waals surface area contributed by atoms with Crippen LogP contribution in [0.15, 0.2) is 18.2 Å². The maximum absolute atomic E-state index is 6.07. The fourth-order valence-electron chi connectivity index (χ4n) is 1.81. The normalized spacial score (nSPS) is 21.0. The number of nitrogens with one attached hydrogen (secondary N) is 1. The zero-order chi connectivity index (χ0) is 11.4. The fourth-order valence-corrected chi connectivity index (χ4v) is 2.27. The number of halogens is 2. The van der Waals surface area contributed by atoms with Gasteiger partial charge in [-0.05, 0) is 37.1 Å². The van der Waals surface area contributed by atoms with E-state index in [1.54, 1.807) is 6.07 Å². The van der Waals surface area contributed by atoms with Crippen LogP contribution < -0.4 is 5.32 Å². The summed E-state index contributed by atoms with van der Waals surface area (Å²) in [6.07, 6.45) is 2.61. The van der Waals surface area contributed by atoms with E-state index in [0.29, 0.717) is 22.8 Å². The van der Waals surface area contributed by atoms with E-state index in [9.17, 15) is 0 Å². The quantitative estimate of drug-likeness (QED) is 0.900. The molecule has 0 saturated carbocycles. The molecular formula is C12H15Cl2NO. The summed E-state index contributed by atoms with van der Waals surface area (Å²) in [5.74, 6) is 0. The van der Waals surface area contributed by atoms with Gasteiger partial charge < -0.3 is 10.1 Å². The smallest absolute Gasteiger partial charge is 0.0735 e. The van der Waals surface area contributed by atoms with Crippen LogP contribution in [0.25, 0.3) is 0 Å². The Kier molecular flexibility index (Phi) is 4.47. The van der Waals surface area contributed by atoms with E-state index in [-0.39, 0.29) is 0 Å². The molecule has 0 bridgehead atoms. The van der Waals surface area contributed by atoms with E-state index in [2.05, 4.69) is 5.32 Å². The molecule has 1 N–H and O–H groups in total. The molecule has 0 radical (unpaired) electrons. The van der Waals surface area contributed by atoms with Gasteiger partial charge in [-0.1, -0.05) is 29.3 Å². The third-order valence-corrected chi connectivity index (χ3v) is 3.33. The molecule has 1 saturated heterocycles. The summed E-state index contributed by atoms with van der Waals surface area (Å²) in [6, 6.07) is 5.51. The second-order valence-electron chi connectivity index (χ2n) is 4.02. The van der Waals surface area contributed by atoms with Gasteiger partial charge in [0.25, 0.3) is 0 Å². The first-order valence-corrected chi connectivity index (χ1v) is 6.27. The summed E-state index contributed by atoms with van der Waals surface area (Å²) in [5, 5.41) is 4.65. The summed E-state index contributed by atoms with van der Waals surface area (Å²) < 4.78 is 5.80. The summed E-state index contributed by atoms with van der Waals surface area (Å²) in [5.41, 5.74) is 0.997. The highest BCUT2D eigenvalue weighted by molar-refractivity contribution is 6.35. The van der Waals surface area contributed by atoms with Crippen LogP contribution in [-0.4, -0.2) is 19.2 Å². The first kappa shape index (κ1) is 12.2. The standard InChI is InChI=1S/C12H15Cl2NO/c13-10-4-3-9(12(14)6-10)8-16-11-2-1-5-15-7-11/h3-4,6,11,15H,1-2,5,7-8H2. The van der Waals surface area contributed by atoms with Crippen LogP contribution in [0.5, 0.6) is 0 Å². The molecule has 1 atom stereocenters. The Morgan fingerprint density at radius 3 is 2.94 bits per heavy atom. The van der Waals surface area contributed by atoms with E-state index < -0.39 is 0 Å². The van der Waals surface area contributed by atoms with E-state index in [4.69, 9.17) is 27.9 Å². The molecule has 0 spiro atoms. The number of hydrogen-bond acceptors (Lipinski definition) is 2. The molecule has 0 aliphatic carbocycles. The molecule has 88 valence electrons. The summed E-state index contributed by atoms with van der Waals surface area (Å²) in [4.78, 5) is 0. The second-order valence-corrected chi connectivity index (χ2v) is 4.86. The van der Waals surface area contributed by atoms with Crippen molar-refractivity contribution in [2.24, 2.45) is 0 Å². The average Bonchev–Trinajstić information content (AvgIpc) is 2.29. The van der Waals surface area contributed by atoms with Crippen molar-refractivity contribution in [3.05, 3.63) is 33.8 Å². The molecule has 1 unspecified atom stereocenters. The van der Waals surface area contributed by atoms with Gasteiger partial charge in [-0.15, -0.1) is 0 Å². The minimum absolute atomic E-state index is 0.306. The second kappa shape index (κ2) is 5.87. The Morgan fingerprint density at radius 2 is 2.25 bits per heavy atom. The number of ether oxygens (including phenoxy) is 1. The van der Waals surface area contributed by atoms with E-state index in [1.807, 2.05) is 12.1 Å². The molecule has 2 rings (SSSR count). The Morgan fingerprint density at radius 1 is 1.38 bits per heavy atom. The van der Waals surface area contributed by atoms with Gasteiger partial charge in [-0.3, -0.25) is 0 Å². The van der Waals surface area contributed by atoms with Crippen molar-refractivity contribution in [3.8, 4) is 0 Å². The van der Waals surface area contributed by atoms with Crippen molar-refractivity contribution in [1.82, 2.24) is 5.32 Å². The predicted octanol–water partition coefficient (Wildman–Crippen LogP) is 3.26. The maximum Gasteiger partial charge on any atom is 0.0735 e. The SMILES string of the molecule is Clc1ccc(COC2CCCNC2)c(Cl)c1. The van der Waals surface area contributed by atoms with E-state index in [1.165, 1.54) is 6.42 Å². The predicted molar refractivity (Wildman–Crippen MR) is 67.1 cm³/mol. The minimum Gasteiger partial charge on any atom is -0.372 e. The highest BCUT2D eigenvalue weighted by atomic mass is 35.5. The van der Waals surface area contributed by atoms with Crippen LogP contribution in [0.2, 0.25) is 10.0 Å². The molecular weight excluding hydrogens is 245 g/mol. The van der Waals surface area contributed by atoms with Gasteiger partial charge in [-0.25, -0.2) is 0 Å². The van der Waals surface area contributed by atoms with Gasteiger partial charge in [0.2, 0.25) is 0 Å². The Hall–Kier alpha value is -0.280. The van der Waals surface area contributed by atoms with Gasteiger partial charge in [0.05, 0.1) is 12.7 Å². The van der Waals surface area contributed by atoms with Crippen molar-refractivity contribution in [1.29, 1.82) is 0 Å². The van der Waals surface area contributed by atoms with Crippen LogP contribution in [0.1, 0.15) is 18.4 Å². The van der Waals surface area contributed by atoms with Gasteiger partial charge in [0, 0.05) is 16.6 Å². The number of piperidine rings is 1. The van der Waals surface area contributed by atoms with Crippen molar-refractivity contribution < 1.29 is 4.74 Å². The maximum atomic E-state index is 6.07. The molecule has 1 fully saturated rings. The van der Waals surface area contributed by atoms with Crippen molar-refractivity contribution in [2.45, 2.75) is 25.6 Å². The number of hydrogen-bond donors (Lipinski definition) is 1. The molecule has 2 nitrogen and oxygen atoms in total. The summed E-state index contributed by atoms with van der Waals surface area (Å²) >= 11 is 11.9. The lowest BCUT2D eigenvalue weighted by molar-refractivity contribution is 0.0253. The van der Waals surface area contributed by atoms with Crippen LogP contribution >= 0.6 is 23.2 Å². The Bertz CT molecular complexity index is 351. The van der Waals surface area contributed by atoms with E-state index >= 15 is 0 Å². The van der Waals surface area contributed by atoms with Crippen LogP contribution in [0, 0.1) is 0 Å². The van der Waals surface area contributed by atoms with Gasteiger partial charge >= 0.3 is 0 Å². The lowest BCUT2D eigenvalue weighted by Crippen LogP contribution is -2.35.